The van der Waals surface area contributed by atoms with E-state index in [1.807, 2.05) is 66.4 Å². The van der Waals surface area contributed by atoms with Crippen molar-refractivity contribution < 1.29 is 9.53 Å². The van der Waals surface area contributed by atoms with Crippen LogP contribution in [0.25, 0.3) is 6.08 Å². The Morgan fingerprint density at radius 1 is 0.962 bits per heavy atom. The molecular formula is C22H26N2O2. The van der Waals surface area contributed by atoms with Crippen LogP contribution in [-0.2, 0) is 9.53 Å². The van der Waals surface area contributed by atoms with Gasteiger partial charge in [-0.1, -0.05) is 60.7 Å². The van der Waals surface area contributed by atoms with Gasteiger partial charge >= 0.3 is 0 Å². The predicted octanol–water partition coefficient (Wildman–Crippen LogP) is 3.58. The highest BCUT2D eigenvalue weighted by Gasteiger charge is 2.27. The summed E-state index contributed by atoms with van der Waals surface area (Å²) >= 11 is 0. The lowest BCUT2D eigenvalue weighted by molar-refractivity contribution is -0.131. The monoisotopic (exact) mass is 350 g/mol. The van der Waals surface area contributed by atoms with Crippen molar-refractivity contribution in [2.24, 2.45) is 0 Å². The van der Waals surface area contributed by atoms with Crippen LogP contribution >= 0.6 is 0 Å². The lowest BCUT2D eigenvalue weighted by Crippen LogP contribution is -2.50. The van der Waals surface area contributed by atoms with E-state index in [1.54, 1.807) is 7.11 Å². The molecule has 0 N–H and O–H groups in total. The summed E-state index contributed by atoms with van der Waals surface area (Å²) in [5, 5.41) is 0. The lowest BCUT2D eigenvalue weighted by Gasteiger charge is -2.38. The van der Waals surface area contributed by atoms with E-state index >= 15 is 0 Å². The standard InChI is InChI=1S/C22H26N2O2/c1-18(17-19-9-5-3-6-10-19)21(25)23-13-15-24(16-14-23)22(26-2)20-11-7-4-8-12-20/h3-12,17,22H,13-16H2,1-2H3. The van der Waals surface area contributed by atoms with Gasteiger partial charge in [-0.15, -0.1) is 0 Å². The second-order valence-corrected chi connectivity index (χ2v) is 6.56. The molecule has 1 aliphatic heterocycles. The van der Waals surface area contributed by atoms with Crippen LogP contribution in [0.1, 0.15) is 24.3 Å². The van der Waals surface area contributed by atoms with Crippen molar-refractivity contribution in [2.75, 3.05) is 33.3 Å². The molecule has 0 aromatic heterocycles. The molecule has 0 bridgehead atoms. The maximum atomic E-state index is 12.7. The molecule has 136 valence electrons. The fourth-order valence-corrected chi connectivity index (χ4v) is 3.38. The van der Waals surface area contributed by atoms with Crippen LogP contribution in [0.5, 0.6) is 0 Å². The van der Waals surface area contributed by atoms with E-state index in [0.29, 0.717) is 13.1 Å². The number of hydrogen-bond acceptors (Lipinski definition) is 3. The third kappa shape index (κ3) is 4.40. The number of carbonyl (C=O) groups is 1. The van der Waals surface area contributed by atoms with Gasteiger partial charge in [-0.25, -0.2) is 0 Å². The van der Waals surface area contributed by atoms with Crippen LogP contribution in [0.3, 0.4) is 0 Å². The first-order valence-corrected chi connectivity index (χ1v) is 9.03. The molecule has 1 fully saturated rings. The summed E-state index contributed by atoms with van der Waals surface area (Å²) in [6, 6.07) is 20.2. The van der Waals surface area contributed by atoms with Crippen LogP contribution in [-0.4, -0.2) is 49.0 Å². The van der Waals surface area contributed by atoms with Gasteiger partial charge in [0.1, 0.15) is 6.23 Å². The topological polar surface area (TPSA) is 32.8 Å². The van der Waals surface area contributed by atoms with Gasteiger partial charge in [0.25, 0.3) is 0 Å². The van der Waals surface area contributed by atoms with Crippen molar-refractivity contribution in [3.63, 3.8) is 0 Å². The van der Waals surface area contributed by atoms with Crippen LogP contribution < -0.4 is 0 Å². The molecular weight excluding hydrogens is 324 g/mol. The smallest absolute Gasteiger partial charge is 0.249 e. The molecule has 1 aliphatic rings. The summed E-state index contributed by atoms with van der Waals surface area (Å²) in [4.78, 5) is 16.9. The Kier molecular flexibility index (Phi) is 6.21. The Hall–Kier alpha value is -2.43. The van der Waals surface area contributed by atoms with Gasteiger partial charge in [-0.2, -0.15) is 0 Å². The number of nitrogens with zero attached hydrogens (tertiary/aromatic N) is 2. The molecule has 2 aromatic rings. The van der Waals surface area contributed by atoms with Crippen molar-refractivity contribution in [1.82, 2.24) is 9.80 Å². The third-order valence-electron chi connectivity index (χ3n) is 4.76. The quantitative estimate of drug-likeness (QED) is 0.773. The predicted molar refractivity (Wildman–Crippen MR) is 104 cm³/mol. The first-order valence-electron chi connectivity index (χ1n) is 9.03. The number of rotatable bonds is 5. The van der Waals surface area contributed by atoms with Crippen LogP contribution in [0.2, 0.25) is 0 Å². The van der Waals surface area contributed by atoms with E-state index in [1.165, 1.54) is 0 Å². The van der Waals surface area contributed by atoms with Crippen molar-refractivity contribution in [3.05, 3.63) is 77.4 Å². The second kappa shape index (κ2) is 8.79. The maximum Gasteiger partial charge on any atom is 0.249 e. The van der Waals surface area contributed by atoms with Gasteiger partial charge in [0.05, 0.1) is 0 Å². The fourth-order valence-electron chi connectivity index (χ4n) is 3.38. The molecule has 0 saturated carbocycles. The number of methoxy groups -OCH3 is 1. The van der Waals surface area contributed by atoms with E-state index < -0.39 is 0 Å². The molecule has 1 unspecified atom stereocenters. The Balaban J connectivity index is 1.61. The van der Waals surface area contributed by atoms with Crippen molar-refractivity contribution in [1.29, 1.82) is 0 Å². The number of ether oxygens (including phenoxy) is 1. The van der Waals surface area contributed by atoms with Crippen LogP contribution in [0, 0.1) is 0 Å². The molecule has 26 heavy (non-hydrogen) atoms. The Morgan fingerprint density at radius 2 is 1.54 bits per heavy atom. The molecule has 3 rings (SSSR count). The highest BCUT2D eigenvalue weighted by molar-refractivity contribution is 5.97. The molecule has 4 heteroatoms. The van der Waals surface area contributed by atoms with Gasteiger partial charge < -0.3 is 9.64 Å². The van der Waals surface area contributed by atoms with Gasteiger partial charge in [-0.3, -0.25) is 9.69 Å². The average Bonchev–Trinajstić information content (AvgIpc) is 2.70. The first-order chi connectivity index (χ1) is 12.7. The van der Waals surface area contributed by atoms with E-state index in [2.05, 4.69) is 17.0 Å². The number of carbonyl (C=O) groups excluding carboxylic acids is 1. The summed E-state index contributed by atoms with van der Waals surface area (Å²) in [5.74, 6) is 0.113. The second-order valence-electron chi connectivity index (χ2n) is 6.56. The van der Waals surface area contributed by atoms with E-state index in [4.69, 9.17) is 4.74 Å². The van der Waals surface area contributed by atoms with Gasteiger partial charge in [0.2, 0.25) is 5.91 Å². The van der Waals surface area contributed by atoms with Crippen molar-refractivity contribution in [2.45, 2.75) is 13.2 Å². The Labute approximate surface area is 155 Å². The van der Waals surface area contributed by atoms with E-state index in [-0.39, 0.29) is 12.1 Å². The van der Waals surface area contributed by atoms with Crippen LogP contribution in [0.4, 0.5) is 0 Å². The van der Waals surface area contributed by atoms with Gasteiger partial charge in [-0.05, 0) is 24.1 Å². The number of amides is 1. The zero-order valence-electron chi connectivity index (χ0n) is 15.5. The minimum atomic E-state index is -0.0607. The first kappa shape index (κ1) is 18.4. The summed E-state index contributed by atoms with van der Waals surface area (Å²) in [5.41, 5.74) is 2.98. The van der Waals surface area contributed by atoms with Crippen LogP contribution in [0.15, 0.2) is 66.2 Å². The summed E-state index contributed by atoms with van der Waals surface area (Å²) in [7, 11) is 1.74. The Morgan fingerprint density at radius 3 is 2.12 bits per heavy atom. The third-order valence-corrected chi connectivity index (χ3v) is 4.76. The zero-order chi connectivity index (χ0) is 18.4. The highest BCUT2D eigenvalue weighted by atomic mass is 16.5. The summed E-state index contributed by atoms with van der Waals surface area (Å²) < 4.78 is 5.71. The molecule has 0 spiro atoms. The molecule has 1 atom stereocenters. The van der Waals surface area contributed by atoms with Crippen molar-refractivity contribution in [3.8, 4) is 0 Å². The highest BCUT2D eigenvalue weighted by Crippen LogP contribution is 2.23. The fraction of sp³-hybridized carbons (Fsp3) is 0.318. The summed E-state index contributed by atoms with van der Waals surface area (Å²) in [6.07, 6.45) is 1.89. The van der Waals surface area contributed by atoms with E-state index in [9.17, 15) is 4.79 Å². The molecule has 2 aromatic carbocycles. The number of piperazine rings is 1. The average molecular weight is 350 g/mol. The SMILES string of the molecule is COC(c1ccccc1)N1CCN(C(=O)C(C)=Cc2ccccc2)CC1. The molecule has 0 aliphatic carbocycles. The molecule has 1 heterocycles. The van der Waals surface area contributed by atoms with Crippen molar-refractivity contribution >= 4 is 12.0 Å². The minimum absolute atomic E-state index is 0.0607. The number of benzene rings is 2. The largest absolute Gasteiger partial charge is 0.362 e. The molecule has 1 saturated heterocycles. The van der Waals surface area contributed by atoms with Gasteiger partial charge in [0.15, 0.2) is 0 Å². The Bertz CT molecular complexity index is 735. The normalized spacial score (nSPS) is 17.2. The lowest BCUT2D eigenvalue weighted by atomic mass is 10.1. The molecule has 4 nitrogen and oxygen atoms in total. The zero-order valence-corrected chi connectivity index (χ0v) is 15.5. The maximum absolute atomic E-state index is 12.7. The summed E-state index contributed by atoms with van der Waals surface area (Å²) in [6.45, 7) is 4.93. The molecule has 1 amide bonds. The van der Waals surface area contributed by atoms with E-state index in [0.717, 1.165) is 29.8 Å². The minimum Gasteiger partial charge on any atom is -0.362 e. The number of hydrogen-bond donors (Lipinski definition) is 0. The molecule has 0 radical (unpaired) electrons. The van der Waals surface area contributed by atoms with Gasteiger partial charge in [0, 0.05) is 38.9 Å².